The largest absolute Gasteiger partial charge is 0.310 e. The Morgan fingerprint density at radius 2 is 1.22 bits per heavy atom. The van der Waals surface area contributed by atoms with Crippen LogP contribution in [0.2, 0.25) is 0 Å². The first-order valence-corrected chi connectivity index (χ1v) is 18.8. The quantitative estimate of drug-likeness (QED) is 0.111. The van der Waals surface area contributed by atoms with Gasteiger partial charge in [0.05, 0.1) is 0 Å². The van der Waals surface area contributed by atoms with Crippen LogP contribution >= 0.6 is 0 Å². The van der Waals surface area contributed by atoms with Gasteiger partial charge in [0.15, 0.2) is 11.6 Å². The van der Waals surface area contributed by atoms with Gasteiger partial charge < -0.3 is 4.90 Å². The van der Waals surface area contributed by atoms with Crippen LogP contribution in [0.4, 0.5) is 5.95 Å². The summed E-state index contributed by atoms with van der Waals surface area (Å²) in [4.78, 5) is 17.3. The third-order valence-corrected chi connectivity index (χ3v) is 7.33. The lowest BCUT2D eigenvalue weighted by Crippen LogP contribution is -2.30. The van der Waals surface area contributed by atoms with Crippen molar-refractivity contribution in [1.29, 1.82) is 0 Å². The van der Waals surface area contributed by atoms with Gasteiger partial charge >= 0.3 is 0 Å². The highest BCUT2D eigenvalue weighted by Crippen LogP contribution is 2.39. The Bertz CT molecular complexity index is 1530. The second-order valence-corrected chi connectivity index (χ2v) is 11.3. The van der Waals surface area contributed by atoms with Crippen LogP contribution in [0.15, 0.2) is 158 Å². The van der Waals surface area contributed by atoms with Gasteiger partial charge in [-0.25, -0.2) is 4.98 Å². The van der Waals surface area contributed by atoms with E-state index in [0.29, 0.717) is 30.6 Å². The van der Waals surface area contributed by atoms with Gasteiger partial charge in [0.1, 0.15) is 0 Å². The summed E-state index contributed by atoms with van der Waals surface area (Å²) >= 11 is 0. The van der Waals surface area contributed by atoms with Crippen LogP contribution in [-0.2, 0) is 0 Å². The highest BCUT2D eigenvalue weighted by molar-refractivity contribution is 5.65. The van der Waals surface area contributed by atoms with Crippen molar-refractivity contribution in [3.8, 4) is 22.8 Å². The second kappa shape index (κ2) is 27.0. The zero-order valence-corrected chi connectivity index (χ0v) is 33.7. The minimum atomic E-state index is -0.271. The number of nitrogens with zero attached hydrogens (tertiary/aromatic N) is 4. The summed E-state index contributed by atoms with van der Waals surface area (Å²) in [6.07, 6.45) is 21.2. The van der Waals surface area contributed by atoms with Crippen LogP contribution in [0, 0.1) is 5.41 Å². The van der Waals surface area contributed by atoms with Gasteiger partial charge in [0.25, 0.3) is 0 Å². The molecule has 4 heteroatoms. The maximum Gasteiger partial charge on any atom is 0.234 e. The molecule has 0 aliphatic heterocycles. The molecule has 0 spiro atoms. The van der Waals surface area contributed by atoms with Crippen molar-refractivity contribution in [1.82, 2.24) is 15.0 Å². The van der Waals surface area contributed by atoms with E-state index in [2.05, 4.69) is 94.9 Å². The molecule has 4 nitrogen and oxygen atoms in total. The molecule has 1 aromatic heterocycles. The highest BCUT2D eigenvalue weighted by atomic mass is 15.3. The van der Waals surface area contributed by atoms with Crippen LogP contribution in [0.5, 0.6) is 0 Å². The molecule has 0 saturated heterocycles. The fraction of sp³-hybridized carbons (Fsp3) is 0.340. The third-order valence-electron chi connectivity index (χ3n) is 7.33. The third kappa shape index (κ3) is 14.9. The summed E-state index contributed by atoms with van der Waals surface area (Å²) < 4.78 is 0. The Balaban J connectivity index is 0.00000395. The monoisotopic (exact) mass is 687 g/mol. The summed E-state index contributed by atoms with van der Waals surface area (Å²) in [5, 5.41) is 0. The van der Waals surface area contributed by atoms with Gasteiger partial charge in [0, 0.05) is 28.9 Å². The number of aromatic nitrogens is 3. The van der Waals surface area contributed by atoms with E-state index in [4.69, 9.17) is 15.0 Å². The van der Waals surface area contributed by atoms with E-state index in [1.807, 2.05) is 121 Å². The summed E-state index contributed by atoms with van der Waals surface area (Å²) in [6, 6.07) is 20.1. The Morgan fingerprint density at radius 3 is 1.65 bits per heavy atom. The van der Waals surface area contributed by atoms with Gasteiger partial charge in [-0.15, -0.1) is 6.58 Å². The normalized spacial score (nSPS) is 11.8. The molecule has 3 aromatic rings. The molecule has 1 heterocycles. The van der Waals surface area contributed by atoms with E-state index in [1.165, 1.54) is 5.57 Å². The lowest BCUT2D eigenvalue weighted by molar-refractivity contribution is 0.445. The van der Waals surface area contributed by atoms with Crippen LogP contribution in [0.1, 0.15) is 95.4 Å². The molecule has 0 fully saturated rings. The molecule has 0 aliphatic rings. The minimum absolute atomic E-state index is 0.271. The fourth-order valence-electron chi connectivity index (χ4n) is 5.00. The van der Waals surface area contributed by atoms with Crippen molar-refractivity contribution < 1.29 is 0 Å². The van der Waals surface area contributed by atoms with Crippen molar-refractivity contribution in [2.45, 2.75) is 95.4 Å². The highest BCUT2D eigenvalue weighted by Gasteiger charge is 2.29. The maximum atomic E-state index is 5.11. The Labute approximate surface area is 312 Å². The summed E-state index contributed by atoms with van der Waals surface area (Å²) in [5.74, 6) is 1.79. The van der Waals surface area contributed by atoms with E-state index in [1.54, 1.807) is 0 Å². The number of hydrogen-bond acceptors (Lipinski definition) is 4. The lowest BCUT2D eigenvalue weighted by atomic mass is 9.78. The van der Waals surface area contributed by atoms with E-state index in [-0.39, 0.29) is 5.41 Å². The first-order valence-electron chi connectivity index (χ1n) is 18.8. The van der Waals surface area contributed by atoms with Crippen LogP contribution in [0.3, 0.4) is 0 Å². The summed E-state index contributed by atoms with van der Waals surface area (Å²) in [5.41, 5.74) is 5.78. The van der Waals surface area contributed by atoms with Crippen molar-refractivity contribution >= 4 is 5.95 Å². The first-order chi connectivity index (χ1) is 24.8. The van der Waals surface area contributed by atoms with E-state index < -0.39 is 0 Å². The predicted molar refractivity (Wildman–Crippen MR) is 229 cm³/mol. The smallest absolute Gasteiger partial charge is 0.234 e. The van der Waals surface area contributed by atoms with Crippen molar-refractivity contribution in [3.63, 3.8) is 0 Å². The Morgan fingerprint density at radius 1 is 0.725 bits per heavy atom. The molecule has 51 heavy (non-hydrogen) atoms. The SMILES string of the molecule is C=C/C=C(\C=C/C)C(C)(C)C/C(=C(\C=C/CC)C(=C)/C=C\CC)N(CC=C)c1nc(-c2ccccc2)nc(-c2ccccc2)n1.CC.CC.CC. The second-order valence-electron chi connectivity index (χ2n) is 11.3. The van der Waals surface area contributed by atoms with Gasteiger partial charge in [-0.1, -0.05) is 198 Å². The van der Waals surface area contributed by atoms with E-state index in [9.17, 15) is 0 Å². The average molecular weight is 687 g/mol. The fourth-order valence-corrected chi connectivity index (χ4v) is 5.00. The minimum Gasteiger partial charge on any atom is -0.310 e. The zero-order chi connectivity index (χ0) is 38.7. The molecule has 0 N–H and O–H groups in total. The molecule has 0 bridgehead atoms. The van der Waals surface area contributed by atoms with Gasteiger partial charge in [-0.3, -0.25) is 0 Å². The molecule has 0 aliphatic carbocycles. The maximum absolute atomic E-state index is 5.11. The van der Waals surface area contributed by atoms with Gasteiger partial charge in [0.2, 0.25) is 5.95 Å². The molecule has 3 rings (SSSR count). The van der Waals surface area contributed by atoms with Crippen molar-refractivity contribution in [3.05, 3.63) is 158 Å². The number of benzene rings is 2. The zero-order valence-electron chi connectivity index (χ0n) is 33.7. The molecule has 2 aromatic carbocycles. The average Bonchev–Trinajstić information content (AvgIpc) is 3.18. The van der Waals surface area contributed by atoms with Crippen molar-refractivity contribution in [2.24, 2.45) is 5.41 Å². The molecule has 0 atom stereocenters. The summed E-state index contributed by atoms with van der Waals surface area (Å²) in [7, 11) is 0. The molecular weight excluding hydrogens is 621 g/mol. The Hall–Kier alpha value is -4.83. The number of anilines is 1. The molecule has 0 saturated carbocycles. The molecular formula is C47H66N4. The first kappa shape index (κ1) is 46.2. The summed E-state index contributed by atoms with van der Waals surface area (Å²) in [6.45, 7) is 36.0. The molecule has 274 valence electrons. The number of rotatable bonds is 16. The van der Waals surface area contributed by atoms with Crippen molar-refractivity contribution in [2.75, 3.05) is 11.4 Å². The molecule has 0 radical (unpaired) electrons. The molecule has 0 unspecified atom stereocenters. The lowest BCUT2D eigenvalue weighted by Gasteiger charge is -2.34. The Kier molecular flexibility index (Phi) is 24.4. The number of hydrogen-bond donors (Lipinski definition) is 0. The predicted octanol–water partition coefficient (Wildman–Crippen LogP) is 14.1. The van der Waals surface area contributed by atoms with Crippen LogP contribution in [-0.4, -0.2) is 21.5 Å². The van der Waals surface area contributed by atoms with Gasteiger partial charge in [-0.2, -0.15) is 9.97 Å². The van der Waals surface area contributed by atoms with E-state index in [0.717, 1.165) is 40.8 Å². The van der Waals surface area contributed by atoms with E-state index >= 15 is 0 Å². The van der Waals surface area contributed by atoms with Crippen LogP contribution in [0.25, 0.3) is 22.8 Å². The molecule has 0 amide bonds. The standard InChI is InChI=1S/C41H48N4.3C2H6/c1-9-14-24-32(6)36(29-15-10-2)37(31-41(7,8)35(22-11-3)23-12-4)45(30-13-5)40-43-38(33-25-18-16-19-26-33)42-39(44-40)34-27-20-17-21-28-34;3*1-2/h11-29H,3,5-6,9-10,30-31H2,1-2,4,7-8H3;3*1-2H3/b23-12-,24-14-,29-15-,35-22+,37-36-;;;. The topological polar surface area (TPSA) is 41.9 Å². The van der Waals surface area contributed by atoms with Crippen LogP contribution < -0.4 is 4.90 Å². The van der Waals surface area contributed by atoms with Gasteiger partial charge in [-0.05, 0) is 42.7 Å². The number of allylic oxidation sites excluding steroid dienone is 12.